The minimum atomic E-state index is -0.388. The fourth-order valence-electron chi connectivity index (χ4n) is 2.42. The fraction of sp³-hybridized carbons (Fsp3) is 0.214. The molecule has 0 radical (unpaired) electrons. The predicted molar refractivity (Wildman–Crippen MR) is 74.5 cm³/mol. The van der Waals surface area contributed by atoms with E-state index in [1.165, 1.54) is 11.1 Å². The number of rotatable bonds is 2. The summed E-state index contributed by atoms with van der Waals surface area (Å²) < 4.78 is 0.924. The van der Waals surface area contributed by atoms with E-state index in [0.29, 0.717) is 6.42 Å². The van der Waals surface area contributed by atoms with Crippen LogP contribution < -0.4 is 5.32 Å². The highest BCUT2D eigenvalue weighted by Crippen LogP contribution is 2.34. The first kappa shape index (κ1) is 11.7. The molecule has 2 N–H and O–H groups in total. The van der Waals surface area contributed by atoms with E-state index >= 15 is 0 Å². The second-order valence-electron chi connectivity index (χ2n) is 4.48. The van der Waals surface area contributed by atoms with Crippen molar-refractivity contribution < 1.29 is 5.11 Å². The summed E-state index contributed by atoms with van der Waals surface area (Å²) in [5.41, 5.74) is 3.29. The van der Waals surface area contributed by atoms with Crippen LogP contribution in [0, 0.1) is 0 Å². The normalized spacial score (nSPS) is 21.7. The van der Waals surface area contributed by atoms with E-state index in [4.69, 9.17) is 0 Å². The summed E-state index contributed by atoms with van der Waals surface area (Å²) in [5, 5.41) is 13.5. The van der Waals surface area contributed by atoms with Crippen molar-refractivity contribution in [1.29, 1.82) is 0 Å². The highest BCUT2D eigenvalue weighted by atomic mass is 79.9. The molecule has 18 heavy (non-hydrogen) atoms. The highest BCUT2D eigenvalue weighted by Gasteiger charge is 2.30. The molecule has 0 unspecified atom stereocenters. The Bertz CT molecular complexity index is 573. The number of fused-ring (bicyclic) bond motifs is 1. The topological polar surface area (TPSA) is 45.1 Å². The van der Waals surface area contributed by atoms with Gasteiger partial charge in [-0.1, -0.05) is 24.3 Å². The van der Waals surface area contributed by atoms with E-state index < -0.39 is 0 Å². The lowest BCUT2D eigenvalue weighted by Gasteiger charge is -2.19. The number of hydrogen-bond acceptors (Lipinski definition) is 3. The number of nitrogens with zero attached hydrogens (tertiary/aromatic N) is 1. The van der Waals surface area contributed by atoms with Crippen LogP contribution in [0.15, 0.2) is 47.2 Å². The lowest BCUT2D eigenvalue weighted by atomic mass is 10.1. The maximum Gasteiger partial charge on any atom is 0.0823 e. The Morgan fingerprint density at radius 2 is 2.11 bits per heavy atom. The molecule has 1 aromatic heterocycles. The zero-order valence-electron chi connectivity index (χ0n) is 9.68. The molecule has 0 saturated heterocycles. The Labute approximate surface area is 114 Å². The lowest BCUT2D eigenvalue weighted by Crippen LogP contribution is -2.21. The van der Waals surface area contributed by atoms with E-state index in [2.05, 4.69) is 38.4 Å². The number of benzene rings is 1. The van der Waals surface area contributed by atoms with Crippen LogP contribution in [0.4, 0.5) is 5.69 Å². The SMILES string of the molecule is O[C@@H]1Cc2ccccc2[C@@H]1Nc1cncc(Br)c1. The summed E-state index contributed by atoms with van der Waals surface area (Å²) in [7, 11) is 0. The van der Waals surface area contributed by atoms with Gasteiger partial charge in [0.1, 0.15) is 0 Å². The van der Waals surface area contributed by atoms with Crippen LogP contribution in [0.25, 0.3) is 0 Å². The van der Waals surface area contributed by atoms with Crippen molar-refractivity contribution in [2.75, 3.05) is 5.32 Å². The molecule has 1 aliphatic rings. The van der Waals surface area contributed by atoms with Gasteiger partial charge in [-0.05, 0) is 33.1 Å². The summed E-state index contributed by atoms with van der Waals surface area (Å²) in [6, 6.07) is 10.0. The van der Waals surface area contributed by atoms with Gasteiger partial charge >= 0.3 is 0 Å². The number of pyridine rings is 1. The fourth-order valence-corrected chi connectivity index (χ4v) is 2.78. The third-order valence-electron chi connectivity index (χ3n) is 3.23. The third-order valence-corrected chi connectivity index (χ3v) is 3.66. The first-order chi connectivity index (χ1) is 8.74. The molecule has 3 rings (SSSR count). The van der Waals surface area contributed by atoms with Crippen LogP contribution in [0.2, 0.25) is 0 Å². The van der Waals surface area contributed by atoms with E-state index in [-0.39, 0.29) is 12.1 Å². The second-order valence-corrected chi connectivity index (χ2v) is 5.40. The minimum Gasteiger partial charge on any atom is -0.390 e. The smallest absolute Gasteiger partial charge is 0.0823 e. The van der Waals surface area contributed by atoms with Gasteiger partial charge in [0.05, 0.1) is 24.0 Å². The van der Waals surface area contributed by atoms with Crippen LogP contribution >= 0.6 is 15.9 Å². The number of halogens is 1. The van der Waals surface area contributed by atoms with E-state index in [9.17, 15) is 5.11 Å². The van der Waals surface area contributed by atoms with E-state index in [0.717, 1.165) is 10.2 Å². The summed E-state index contributed by atoms with van der Waals surface area (Å²) >= 11 is 3.39. The molecule has 4 heteroatoms. The first-order valence-electron chi connectivity index (χ1n) is 5.87. The number of nitrogens with one attached hydrogen (secondary N) is 1. The molecule has 2 aromatic rings. The van der Waals surface area contributed by atoms with Crippen molar-refractivity contribution in [2.45, 2.75) is 18.6 Å². The van der Waals surface area contributed by atoms with Crippen LogP contribution in [0.5, 0.6) is 0 Å². The van der Waals surface area contributed by atoms with Crippen LogP contribution in [-0.2, 0) is 6.42 Å². The molecule has 0 bridgehead atoms. The molecule has 1 heterocycles. The average molecular weight is 305 g/mol. The van der Waals surface area contributed by atoms with Gasteiger partial charge < -0.3 is 10.4 Å². The van der Waals surface area contributed by atoms with Gasteiger partial charge in [0, 0.05) is 17.1 Å². The van der Waals surface area contributed by atoms with Crippen molar-refractivity contribution in [1.82, 2.24) is 4.98 Å². The van der Waals surface area contributed by atoms with Gasteiger partial charge in [0.15, 0.2) is 0 Å². The van der Waals surface area contributed by atoms with Gasteiger partial charge in [-0.3, -0.25) is 4.98 Å². The molecule has 0 fully saturated rings. The number of aliphatic hydroxyl groups is 1. The molecule has 1 aromatic carbocycles. The first-order valence-corrected chi connectivity index (χ1v) is 6.66. The summed E-state index contributed by atoms with van der Waals surface area (Å²) in [4.78, 5) is 4.12. The monoisotopic (exact) mass is 304 g/mol. The van der Waals surface area contributed by atoms with Crippen molar-refractivity contribution >= 4 is 21.6 Å². The van der Waals surface area contributed by atoms with Crippen molar-refractivity contribution in [3.63, 3.8) is 0 Å². The maximum absolute atomic E-state index is 10.1. The Morgan fingerprint density at radius 3 is 2.94 bits per heavy atom. The Balaban J connectivity index is 1.89. The standard InChI is InChI=1S/C14H13BrN2O/c15-10-6-11(8-16-7-10)17-14-12-4-2-1-3-9(12)5-13(14)18/h1-4,6-8,13-14,17-18H,5H2/t13-,14+/m1/s1. The van der Waals surface area contributed by atoms with Crippen LogP contribution in [0.1, 0.15) is 17.2 Å². The van der Waals surface area contributed by atoms with Gasteiger partial charge in [-0.15, -0.1) is 0 Å². The average Bonchev–Trinajstić information content (AvgIpc) is 2.66. The molecular formula is C14H13BrN2O. The summed E-state index contributed by atoms with van der Waals surface area (Å²) in [6.45, 7) is 0. The van der Waals surface area contributed by atoms with Crippen molar-refractivity contribution in [2.24, 2.45) is 0 Å². The molecule has 0 aliphatic heterocycles. The Hall–Kier alpha value is -1.39. The molecule has 1 aliphatic carbocycles. The third kappa shape index (κ3) is 2.13. The number of aliphatic hydroxyl groups excluding tert-OH is 1. The zero-order valence-corrected chi connectivity index (χ0v) is 11.3. The Morgan fingerprint density at radius 1 is 1.28 bits per heavy atom. The molecule has 0 spiro atoms. The summed E-state index contributed by atoms with van der Waals surface area (Å²) in [5.74, 6) is 0. The van der Waals surface area contributed by atoms with Gasteiger partial charge in [-0.25, -0.2) is 0 Å². The van der Waals surface area contributed by atoms with Gasteiger partial charge in [0.2, 0.25) is 0 Å². The largest absolute Gasteiger partial charge is 0.390 e. The van der Waals surface area contributed by atoms with Gasteiger partial charge in [-0.2, -0.15) is 0 Å². The number of aromatic nitrogens is 1. The zero-order chi connectivity index (χ0) is 12.5. The molecule has 0 amide bonds. The van der Waals surface area contributed by atoms with Gasteiger partial charge in [0.25, 0.3) is 0 Å². The highest BCUT2D eigenvalue weighted by molar-refractivity contribution is 9.10. The molecular weight excluding hydrogens is 292 g/mol. The number of hydrogen-bond donors (Lipinski definition) is 2. The Kier molecular flexibility index (Phi) is 3.06. The molecule has 3 nitrogen and oxygen atoms in total. The summed E-state index contributed by atoms with van der Waals surface area (Å²) in [6.07, 6.45) is 3.82. The quantitative estimate of drug-likeness (QED) is 0.897. The molecule has 2 atom stereocenters. The predicted octanol–water partition coefficient (Wildman–Crippen LogP) is 2.91. The van der Waals surface area contributed by atoms with E-state index in [1.807, 2.05) is 18.2 Å². The van der Waals surface area contributed by atoms with E-state index in [1.54, 1.807) is 12.4 Å². The maximum atomic E-state index is 10.1. The van der Waals surface area contributed by atoms with Crippen LogP contribution in [-0.4, -0.2) is 16.2 Å². The minimum absolute atomic E-state index is 0.0581. The number of anilines is 1. The van der Waals surface area contributed by atoms with Crippen LogP contribution in [0.3, 0.4) is 0 Å². The lowest BCUT2D eigenvalue weighted by molar-refractivity contribution is 0.166. The second kappa shape index (κ2) is 4.71. The molecule has 0 saturated carbocycles. The van der Waals surface area contributed by atoms with Crippen molar-refractivity contribution in [3.05, 3.63) is 58.3 Å². The molecule has 92 valence electrons. The van der Waals surface area contributed by atoms with Crippen molar-refractivity contribution in [3.8, 4) is 0 Å².